The lowest BCUT2D eigenvalue weighted by Crippen LogP contribution is -2.46. The van der Waals surface area contributed by atoms with Crippen molar-refractivity contribution in [3.8, 4) is 0 Å². The van der Waals surface area contributed by atoms with Gasteiger partial charge < -0.3 is 20.4 Å². The van der Waals surface area contributed by atoms with Gasteiger partial charge in [-0.05, 0) is 30.2 Å². The molecule has 36 heavy (non-hydrogen) atoms. The number of piperazine rings is 1. The predicted molar refractivity (Wildman–Crippen MR) is 145 cm³/mol. The van der Waals surface area contributed by atoms with Crippen LogP contribution in [0, 0.1) is 12.3 Å². The van der Waals surface area contributed by atoms with E-state index in [1.165, 1.54) is 17.3 Å². The first-order valence-electron chi connectivity index (χ1n) is 12.4. The lowest BCUT2D eigenvalue weighted by atomic mass is 10.1. The number of hydrogen-bond acceptors (Lipinski definition) is 5. The summed E-state index contributed by atoms with van der Waals surface area (Å²) < 4.78 is 6.08. The van der Waals surface area contributed by atoms with Gasteiger partial charge in [-0.25, -0.2) is 0 Å². The third-order valence-electron chi connectivity index (χ3n) is 6.29. The fourth-order valence-electron chi connectivity index (χ4n) is 4.40. The monoisotopic (exact) mass is 482 g/mol. The number of benzene rings is 3. The predicted octanol–water partition coefficient (Wildman–Crippen LogP) is 4.87. The minimum absolute atomic E-state index is 0.192. The molecule has 0 aliphatic carbocycles. The van der Waals surface area contributed by atoms with E-state index in [2.05, 4.69) is 46.3 Å². The molecule has 0 aromatic heterocycles. The molecule has 3 aromatic carbocycles. The topological polar surface area (TPSA) is 68.7 Å². The smallest absolute Gasteiger partial charge is 0.293 e. The Bertz CT molecular complexity index is 1170. The molecule has 0 unspecified atom stereocenters. The third-order valence-corrected chi connectivity index (χ3v) is 6.29. The van der Waals surface area contributed by atoms with Crippen molar-refractivity contribution in [2.75, 3.05) is 38.1 Å². The van der Waals surface area contributed by atoms with E-state index in [1.54, 1.807) is 0 Å². The quantitative estimate of drug-likeness (QED) is 0.246. The lowest BCUT2D eigenvalue weighted by Gasteiger charge is -2.36. The lowest BCUT2D eigenvalue weighted by molar-refractivity contribution is -0.116. The van der Waals surface area contributed by atoms with Crippen LogP contribution in [0.3, 0.4) is 0 Å². The number of carbonyl (C=O) groups is 1. The largest absolute Gasteiger partial charge is 0.486 e. The summed E-state index contributed by atoms with van der Waals surface area (Å²) in [5.41, 5.74) is 4.92. The van der Waals surface area contributed by atoms with Gasteiger partial charge in [-0.1, -0.05) is 78.4 Å². The first-order chi connectivity index (χ1) is 17.6. The van der Waals surface area contributed by atoms with Crippen LogP contribution in [-0.2, 0) is 22.5 Å². The Balaban J connectivity index is 1.47. The number of nitrogens with one attached hydrogen (secondary N) is 2. The summed E-state index contributed by atoms with van der Waals surface area (Å²) in [5, 5.41) is 11.1. The van der Waals surface area contributed by atoms with Gasteiger partial charge in [-0.2, -0.15) is 0 Å². The number of allylic oxidation sites excluding steroid dienone is 1. The van der Waals surface area contributed by atoms with E-state index in [-0.39, 0.29) is 11.7 Å². The highest BCUT2D eigenvalue weighted by atomic mass is 16.5. The van der Waals surface area contributed by atoms with Crippen molar-refractivity contribution >= 4 is 17.8 Å². The number of amides is 1. The van der Waals surface area contributed by atoms with Crippen LogP contribution in [0.4, 0.5) is 5.69 Å². The molecule has 6 nitrogen and oxygen atoms in total. The Morgan fingerprint density at radius 1 is 0.917 bits per heavy atom. The summed E-state index contributed by atoms with van der Waals surface area (Å²) in [7, 11) is 0. The van der Waals surface area contributed by atoms with Crippen molar-refractivity contribution in [2.45, 2.75) is 19.9 Å². The minimum atomic E-state index is -0.338. The third kappa shape index (κ3) is 7.06. The first kappa shape index (κ1) is 25.2. The van der Waals surface area contributed by atoms with Gasteiger partial charge in [0.05, 0.1) is 6.61 Å². The van der Waals surface area contributed by atoms with Crippen LogP contribution < -0.4 is 5.32 Å². The van der Waals surface area contributed by atoms with Gasteiger partial charge in [0, 0.05) is 51.0 Å². The van der Waals surface area contributed by atoms with Crippen LogP contribution in [0.5, 0.6) is 0 Å². The molecule has 3 aromatic rings. The van der Waals surface area contributed by atoms with Crippen LogP contribution in [0.25, 0.3) is 0 Å². The van der Waals surface area contributed by atoms with Crippen molar-refractivity contribution in [3.05, 3.63) is 113 Å². The second-order valence-corrected chi connectivity index (χ2v) is 9.02. The summed E-state index contributed by atoms with van der Waals surface area (Å²) >= 11 is 0. The standard InChI is InChI=1S/C30H34N4O2/c1-24-9-8-12-26(21-24)23-33-16-18-34(19-17-33)28(22-31)29(30(35)32-27-13-6-3-7-14-27)36-20-15-25-10-4-2-5-11-25/h2-14,21-22,31H,15-20,23H2,1H3,(H,32,35)/b29-28-,31-22?. The molecule has 0 radical (unpaired) electrons. The van der Waals surface area contributed by atoms with Crippen molar-refractivity contribution in [2.24, 2.45) is 0 Å². The van der Waals surface area contributed by atoms with E-state index in [9.17, 15) is 4.79 Å². The van der Waals surface area contributed by atoms with Crippen LogP contribution >= 0.6 is 0 Å². The highest BCUT2D eigenvalue weighted by Crippen LogP contribution is 2.18. The summed E-state index contributed by atoms with van der Waals surface area (Å²) in [4.78, 5) is 17.8. The number of nitrogens with zero attached hydrogens (tertiary/aromatic N) is 2. The zero-order valence-corrected chi connectivity index (χ0v) is 20.8. The maximum absolute atomic E-state index is 13.3. The number of para-hydroxylation sites is 1. The number of ether oxygens (including phenoxy) is 1. The molecule has 1 fully saturated rings. The Morgan fingerprint density at radius 3 is 2.25 bits per heavy atom. The van der Waals surface area contributed by atoms with Gasteiger partial charge in [0.25, 0.3) is 5.91 Å². The SMILES string of the molecule is Cc1cccc(CN2CCN(/C(C=N)=C(\OCCc3ccccc3)C(=O)Nc3ccccc3)CC2)c1. The highest BCUT2D eigenvalue weighted by molar-refractivity contribution is 6.05. The van der Waals surface area contributed by atoms with Crippen LogP contribution in [0.2, 0.25) is 0 Å². The number of anilines is 1. The first-order valence-corrected chi connectivity index (χ1v) is 12.4. The molecule has 1 saturated heterocycles. The zero-order valence-electron chi connectivity index (χ0n) is 20.8. The average Bonchev–Trinajstić information content (AvgIpc) is 2.90. The van der Waals surface area contributed by atoms with Crippen molar-refractivity contribution in [3.63, 3.8) is 0 Å². The Morgan fingerprint density at radius 2 is 1.58 bits per heavy atom. The molecule has 2 N–H and O–H groups in total. The maximum atomic E-state index is 13.3. The van der Waals surface area contributed by atoms with E-state index < -0.39 is 0 Å². The summed E-state index contributed by atoms with van der Waals surface area (Å²) in [6.45, 7) is 6.51. The summed E-state index contributed by atoms with van der Waals surface area (Å²) in [5.74, 6) is -0.146. The van der Waals surface area contributed by atoms with E-state index in [0.29, 0.717) is 24.4 Å². The Hall–Kier alpha value is -3.90. The fraction of sp³-hybridized carbons (Fsp3) is 0.267. The molecule has 0 spiro atoms. The summed E-state index contributed by atoms with van der Waals surface area (Å²) in [6, 6.07) is 28.0. The molecular formula is C30H34N4O2. The second kappa shape index (κ2) is 12.7. The van der Waals surface area contributed by atoms with E-state index >= 15 is 0 Å². The highest BCUT2D eigenvalue weighted by Gasteiger charge is 2.25. The molecule has 1 aliphatic rings. The van der Waals surface area contributed by atoms with Crippen molar-refractivity contribution in [1.29, 1.82) is 5.41 Å². The van der Waals surface area contributed by atoms with E-state index in [1.807, 2.05) is 60.7 Å². The zero-order chi connectivity index (χ0) is 25.2. The molecule has 4 rings (SSSR count). The van der Waals surface area contributed by atoms with Crippen LogP contribution in [0.15, 0.2) is 96.4 Å². The molecule has 0 saturated carbocycles. The van der Waals surface area contributed by atoms with Gasteiger partial charge in [-0.3, -0.25) is 9.69 Å². The molecule has 1 heterocycles. The van der Waals surface area contributed by atoms with Gasteiger partial charge >= 0.3 is 0 Å². The van der Waals surface area contributed by atoms with Crippen molar-refractivity contribution < 1.29 is 9.53 Å². The van der Waals surface area contributed by atoms with E-state index in [0.717, 1.165) is 38.3 Å². The second-order valence-electron chi connectivity index (χ2n) is 9.02. The molecule has 1 aliphatic heterocycles. The van der Waals surface area contributed by atoms with Crippen molar-refractivity contribution in [1.82, 2.24) is 9.80 Å². The Kier molecular flexibility index (Phi) is 8.89. The minimum Gasteiger partial charge on any atom is -0.486 e. The molecular weight excluding hydrogens is 448 g/mol. The fourth-order valence-corrected chi connectivity index (χ4v) is 4.40. The maximum Gasteiger partial charge on any atom is 0.293 e. The summed E-state index contributed by atoms with van der Waals surface area (Å²) in [6.07, 6.45) is 1.93. The molecule has 1 amide bonds. The number of carbonyl (C=O) groups excluding carboxylic acids is 1. The number of aryl methyl sites for hydroxylation is 1. The van der Waals surface area contributed by atoms with Gasteiger partial charge in [0.1, 0.15) is 5.70 Å². The number of hydrogen-bond donors (Lipinski definition) is 2. The normalized spacial score (nSPS) is 14.6. The van der Waals surface area contributed by atoms with Gasteiger partial charge in [-0.15, -0.1) is 0 Å². The van der Waals surface area contributed by atoms with Crippen LogP contribution in [-0.4, -0.2) is 54.7 Å². The van der Waals surface area contributed by atoms with Gasteiger partial charge in [0.2, 0.25) is 5.76 Å². The average molecular weight is 483 g/mol. The Labute approximate surface area is 213 Å². The molecule has 0 bridgehead atoms. The van der Waals surface area contributed by atoms with Gasteiger partial charge in [0.15, 0.2) is 0 Å². The van der Waals surface area contributed by atoms with Crippen LogP contribution in [0.1, 0.15) is 16.7 Å². The molecule has 186 valence electrons. The molecule has 0 atom stereocenters. The van der Waals surface area contributed by atoms with E-state index in [4.69, 9.17) is 10.1 Å². The number of rotatable bonds is 10. The molecule has 6 heteroatoms.